The summed E-state index contributed by atoms with van der Waals surface area (Å²) in [6, 6.07) is 0. The molecule has 1 N–H and O–H groups in total. The van der Waals surface area contributed by atoms with Crippen LogP contribution in [-0.4, -0.2) is 31.3 Å². The number of aromatic carboxylic acids is 1. The normalized spacial score (nSPS) is 11.6. The Hall–Kier alpha value is -1.46. The molecule has 66 valence electrons. The Bertz CT molecular complexity index is 299. The fourth-order valence-corrected chi connectivity index (χ4v) is 0.772. The largest absolute Gasteiger partial charge is 0.475 e. The predicted octanol–water partition coefficient (Wildman–Crippen LogP) is 0.126. The highest BCUT2D eigenvalue weighted by atomic mass is 16.4. The quantitative estimate of drug-likeness (QED) is 0.647. The summed E-state index contributed by atoms with van der Waals surface area (Å²) >= 11 is 0. The maximum absolute atomic E-state index is 10.6. The number of carboxylic acid groups (broad SMARTS) is 1. The van der Waals surface area contributed by atoms with Gasteiger partial charge in [0.25, 0.3) is 5.82 Å². The zero-order chi connectivity index (χ0) is 9.35. The van der Waals surface area contributed by atoms with E-state index in [2.05, 4.69) is 15.5 Å². The van der Waals surface area contributed by atoms with Crippen LogP contribution in [0.25, 0.3) is 0 Å². The molecule has 0 saturated heterocycles. The summed E-state index contributed by atoms with van der Waals surface area (Å²) in [6.07, 6.45) is 0. The lowest BCUT2D eigenvalue weighted by Crippen LogP contribution is -2.27. The SMILES string of the molecule is CC(C)(C)n1nnnc1C(=O)O. The molecule has 0 radical (unpaired) electrons. The first-order valence-corrected chi connectivity index (χ1v) is 3.45. The highest BCUT2D eigenvalue weighted by Crippen LogP contribution is 2.12. The molecule has 1 aromatic heterocycles. The van der Waals surface area contributed by atoms with Crippen LogP contribution < -0.4 is 0 Å². The van der Waals surface area contributed by atoms with Crippen LogP contribution in [0.15, 0.2) is 0 Å². The van der Waals surface area contributed by atoms with Crippen LogP contribution in [0.4, 0.5) is 0 Å². The van der Waals surface area contributed by atoms with E-state index < -0.39 is 11.5 Å². The average molecular weight is 170 g/mol. The minimum atomic E-state index is -1.12. The Kier molecular flexibility index (Phi) is 1.83. The van der Waals surface area contributed by atoms with E-state index in [1.54, 1.807) is 0 Å². The van der Waals surface area contributed by atoms with Gasteiger partial charge in [0.15, 0.2) is 0 Å². The van der Waals surface area contributed by atoms with Crippen LogP contribution in [0.2, 0.25) is 0 Å². The van der Waals surface area contributed by atoms with E-state index in [0.717, 1.165) is 0 Å². The molecule has 1 aromatic rings. The van der Waals surface area contributed by atoms with Crippen molar-refractivity contribution in [2.75, 3.05) is 0 Å². The van der Waals surface area contributed by atoms with Crippen molar-refractivity contribution >= 4 is 5.97 Å². The summed E-state index contributed by atoms with van der Waals surface area (Å²) < 4.78 is 1.27. The van der Waals surface area contributed by atoms with E-state index in [-0.39, 0.29) is 5.82 Å². The molecule has 0 unspecified atom stereocenters. The number of carbonyl (C=O) groups is 1. The zero-order valence-corrected chi connectivity index (χ0v) is 7.14. The molecule has 1 rings (SSSR count). The maximum atomic E-state index is 10.6. The van der Waals surface area contributed by atoms with Gasteiger partial charge in [-0.3, -0.25) is 0 Å². The lowest BCUT2D eigenvalue weighted by Gasteiger charge is -2.18. The number of rotatable bonds is 1. The second kappa shape index (κ2) is 2.54. The Balaban J connectivity index is 3.17. The summed E-state index contributed by atoms with van der Waals surface area (Å²) in [4.78, 5) is 10.6. The third-order valence-corrected chi connectivity index (χ3v) is 1.30. The van der Waals surface area contributed by atoms with Crippen molar-refractivity contribution in [1.82, 2.24) is 20.2 Å². The number of hydrogen-bond donors (Lipinski definition) is 1. The van der Waals surface area contributed by atoms with Crippen molar-refractivity contribution in [3.8, 4) is 0 Å². The Morgan fingerprint density at radius 2 is 2.08 bits per heavy atom. The molecule has 0 bridgehead atoms. The molecule has 12 heavy (non-hydrogen) atoms. The van der Waals surface area contributed by atoms with Crippen LogP contribution in [0.5, 0.6) is 0 Å². The minimum Gasteiger partial charge on any atom is -0.475 e. The molecular formula is C6H10N4O2. The molecule has 0 fully saturated rings. The van der Waals surface area contributed by atoms with Crippen molar-refractivity contribution in [1.29, 1.82) is 0 Å². The van der Waals surface area contributed by atoms with Gasteiger partial charge in [-0.15, -0.1) is 5.10 Å². The zero-order valence-electron chi connectivity index (χ0n) is 7.14. The van der Waals surface area contributed by atoms with E-state index in [0.29, 0.717) is 0 Å². The molecule has 0 aliphatic rings. The molecule has 0 saturated carbocycles. The summed E-state index contributed by atoms with van der Waals surface area (Å²) in [6.45, 7) is 5.49. The summed E-state index contributed by atoms with van der Waals surface area (Å²) in [5, 5.41) is 18.9. The number of hydrogen-bond acceptors (Lipinski definition) is 4. The molecule has 0 amide bonds. The molecule has 0 aromatic carbocycles. The van der Waals surface area contributed by atoms with E-state index in [9.17, 15) is 4.79 Å². The first-order chi connectivity index (χ1) is 5.43. The van der Waals surface area contributed by atoms with Crippen LogP contribution in [0.3, 0.4) is 0 Å². The smallest absolute Gasteiger partial charge is 0.375 e. The van der Waals surface area contributed by atoms with Gasteiger partial charge in [0.1, 0.15) is 0 Å². The summed E-state index contributed by atoms with van der Waals surface area (Å²) in [5.74, 6) is -1.25. The molecule has 0 aliphatic heterocycles. The molecule has 0 atom stereocenters. The minimum absolute atomic E-state index is 0.137. The fourth-order valence-electron chi connectivity index (χ4n) is 0.772. The lowest BCUT2D eigenvalue weighted by atomic mass is 10.1. The molecule has 0 aliphatic carbocycles. The molecule has 6 heteroatoms. The second-order valence-electron chi connectivity index (χ2n) is 3.39. The van der Waals surface area contributed by atoms with Crippen molar-refractivity contribution < 1.29 is 9.90 Å². The number of aromatic nitrogens is 4. The Labute approximate surface area is 69.2 Å². The fraction of sp³-hybridized carbons (Fsp3) is 0.667. The summed E-state index contributed by atoms with van der Waals surface area (Å²) in [7, 11) is 0. The molecular weight excluding hydrogens is 160 g/mol. The van der Waals surface area contributed by atoms with Gasteiger partial charge < -0.3 is 5.11 Å². The summed E-state index contributed by atoms with van der Waals surface area (Å²) in [5.41, 5.74) is -0.406. The van der Waals surface area contributed by atoms with Gasteiger partial charge in [-0.25, -0.2) is 9.48 Å². The Morgan fingerprint density at radius 3 is 2.42 bits per heavy atom. The van der Waals surface area contributed by atoms with Crippen LogP contribution in [-0.2, 0) is 5.54 Å². The van der Waals surface area contributed by atoms with Crippen LogP contribution >= 0.6 is 0 Å². The van der Waals surface area contributed by atoms with Gasteiger partial charge in [0.05, 0.1) is 5.54 Å². The van der Waals surface area contributed by atoms with E-state index in [1.807, 2.05) is 20.8 Å². The average Bonchev–Trinajstić information content (AvgIpc) is 2.30. The Morgan fingerprint density at radius 1 is 1.50 bits per heavy atom. The van der Waals surface area contributed by atoms with Gasteiger partial charge in [-0.2, -0.15) is 0 Å². The van der Waals surface area contributed by atoms with Crippen molar-refractivity contribution in [3.63, 3.8) is 0 Å². The monoisotopic (exact) mass is 170 g/mol. The number of tetrazole rings is 1. The third-order valence-electron chi connectivity index (χ3n) is 1.30. The van der Waals surface area contributed by atoms with Crippen molar-refractivity contribution in [2.45, 2.75) is 26.3 Å². The van der Waals surface area contributed by atoms with Gasteiger partial charge in [-0.05, 0) is 31.2 Å². The predicted molar refractivity (Wildman–Crippen MR) is 39.8 cm³/mol. The van der Waals surface area contributed by atoms with Crippen LogP contribution in [0, 0.1) is 0 Å². The van der Waals surface area contributed by atoms with Gasteiger partial charge in [0, 0.05) is 0 Å². The van der Waals surface area contributed by atoms with Crippen molar-refractivity contribution in [3.05, 3.63) is 5.82 Å². The lowest BCUT2D eigenvalue weighted by molar-refractivity contribution is 0.0667. The maximum Gasteiger partial charge on any atom is 0.375 e. The molecule has 1 heterocycles. The highest BCUT2D eigenvalue weighted by Gasteiger charge is 2.23. The first-order valence-electron chi connectivity index (χ1n) is 3.45. The second-order valence-corrected chi connectivity index (χ2v) is 3.39. The van der Waals surface area contributed by atoms with Crippen molar-refractivity contribution in [2.24, 2.45) is 0 Å². The topological polar surface area (TPSA) is 80.9 Å². The third kappa shape index (κ3) is 1.41. The van der Waals surface area contributed by atoms with E-state index >= 15 is 0 Å². The van der Waals surface area contributed by atoms with Gasteiger partial charge >= 0.3 is 5.97 Å². The molecule has 0 spiro atoms. The number of carboxylic acids is 1. The standard InChI is InChI=1S/C6H10N4O2/c1-6(2,3)10-4(5(11)12)7-8-9-10/h1-3H3,(H,11,12). The van der Waals surface area contributed by atoms with Crippen LogP contribution in [0.1, 0.15) is 31.4 Å². The highest BCUT2D eigenvalue weighted by molar-refractivity contribution is 5.83. The first kappa shape index (κ1) is 8.63. The van der Waals surface area contributed by atoms with Gasteiger partial charge in [0.2, 0.25) is 0 Å². The van der Waals surface area contributed by atoms with E-state index in [4.69, 9.17) is 5.11 Å². The van der Waals surface area contributed by atoms with Gasteiger partial charge in [-0.1, -0.05) is 0 Å². The van der Waals surface area contributed by atoms with E-state index in [1.165, 1.54) is 4.68 Å². The molecule has 6 nitrogen and oxygen atoms in total. The number of nitrogens with zero attached hydrogens (tertiary/aromatic N) is 4.